The summed E-state index contributed by atoms with van der Waals surface area (Å²) in [4.78, 5) is 0. The van der Waals surface area contributed by atoms with Gasteiger partial charge in [-0.25, -0.2) is 8.78 Å². The van der Waals surface area contributed by atoms with Crippen molar-refractivity contribution in [3.8, 4) is 5.75 Å². The van der Waals surface area contributed by atoms with Gasteiger partial charge in [0, 0.05) is 6.42 Å². The third kappa shape index (κ3) is 3.43. The number of benzene rings is 1. The molecular weight excluding hydrogens is 268 g/mol. The fourth-order valence-electron chi connectivity index (χ4n) is 1.18. The van der Waals surface area contributed by atoms with E-state index >= 15 is 0 Å². The largest absolute Gasteiger partial charge is 0.496 e. The molecule has 2 N–H and O–H groups in total. The zero-order valence-electron chi connectivity index (χ0n) is 8.27. The standard InChI is InChI=1S/C10H12BrF2NO/c1-15-9-4-7(2-3-8(9)11)5-10(12,13)6-14/h2-4H,5-6,14H2,1H3. The Bertz CT molecular complexity index is 344. The lowest BCUT2D eigenvalue weighted by Crippen LogP contribution is -2.30. The summed E-state index contributed by atoms with van der Waals surface area (Å²) in [5, 5.41) is 0. The molecule has 1 rings (SSSR count). The second-order valence-electron chi connectivity index (χ2n) is 3.21. The predicted molar refractivity (Wildman–Crippen MR) is 58.4 cm³/mol. The van der Waals surface area contributed by atoms with Crippen LogP contribution in [0.25, 0.3) is 0 Å². The molecule has 0 heterocycles. The number of hydrogen-bond acceptors (Lipinski definition) is 2. The summed E-state index contributed by atoms with van der Waals surface area (Å²) in [6.45, 7) is -0.647. The van der Waals surface area contributed by atoms with Gasteiger partial charge in [-0.1, -0.05) is 6.07 Å². The fraction of sp³-hybridized carbons (Fsp3) is 0.400. The Labute approximate surface area is 95.5 Å². The molecule has 0 amide bonds. The van der Waals surface area contributed by atoms with Crippen LogP contribution >= 0.6 is 15.9 Å². The molecular formula is C10H12BrF2NO. The van der Waals surface area contributed by atoms with Crippen molar-refractivity contribution in [2.45, 2.75) is 12.3 Å². The number of alkyl halides is 2. The summed E-state index contributed by atoms with van der Waals surface area (Å²) in [5.41, 5.74) is 5.47. The molecule has 2 nitrogen and oxygen atoms in total. The Morgan fingerprint density at radius 3 is 2.67 bits per heavy atom. The smallest absolute Gasteiger partial charge is 0.264 e. The number of nitrogens with two attached hydrogens (primary N) is 1. The minimum absolute atomic E-state index is 0.368. The van der Waals surface area contributed by atoms with Gasteiger partial charge in [-0.2, -0.15) is 0 Å². The molecule has 0 aromatic heterocycles. The zero-order valence-corrected chi connectivity index (χ0v) is 9.85. The van der Waals surface area contributed by atoms with E-state index in [1.54, 1.807) is 18.2 Å². The molecule has 0 radical (unpaired) electrons. The molecule has 0 aliphatic carbocycles. The van der Waals surface area contributed by atoms with Gasteiger partial charge in [0.1, 0.15) is 5.75 Å². The van der Waals surface area contributed by atoms with Crippen molar-refractivity contribution >= 4 is 15.9 Å². The highest BCUT2D eigenvalue weighted by Crippen LogP contribution is 2.28. The van der Waals surface area contributed by atoms with Crippen LogP contribution in [0, 0.1) is 0 Å². The molecule has 0 atom stereocenters. The highest BCUT2D eigenvalue weighted by atomic mass is 79.9. The lowest BCUT2D eigenvalue weighted by molar-refractivity contribution is 0.0114. The van der Waals surface area contributed by atoms with E-state index < -0.39 is 12.5 Å². The summed E-state index contributed by atoms with van der Waals surface area (Å²) >= 11 is 3.25. The third-order valence-electron chi connectivity index (χ3n) is 1.98. The summed E-state index contributed by atoms with van der Waals surface area (Å²) in [7, 11) is 1.49. The summed E-state index contributed by atoms with van der Waals surface area (Å²) < 4.78 is 31.7. The molecule has 0 saturated carbocycles. The lowest BCUT2D eigenvalue weighted by atomic mass is 10.1. The highest BCUT2D eigenvalue weighted by molar-refractivity contribution is 9.10. The molecule has 0 fully saturated rings. The average Bonchev–Trinajstić information content (AvgIpc) is 2.20. The molecule has 15 heavy (non-hydrogen) atoms. The van der Waals surface area contributed by atoms with Crippen molar-refractivity contribution in [1.29, 1.82) is 0 Å². The van der Waals surface area contributed by atoms with Crippen molar-refractivity contribution in [1.82, 2.24) is 0 Å². The zero-order chi connectivity index (χ0) is 11.5. The molecule has 0 bridgehead atoms. The van der Waals surface area contributed by atoms with Crippen LogP contribution in [0.4, 0.5) is 8.78 Å². The first kappa shape index (κ1) is 12.4. The average molecular weight is 280 g/mol. The van der Waals surface area contributed by atoms with E-state index in [0.29, 0.717) is 11.3 Å². The second-order valence-corrected chi connectivity index (χ2v) is 4.06. The van der Waals surface area contributed by atoms with E-state index in [-0.39, 0.29) is 6.42 Å². The topological polar surface area (TPSA) is 35.2 Å². The van der Waals surface area contributed by atoms with Gasteiger partial charge in [-0.3, -0.25) is 0 Å². The number of hydrogen-bond donors (Lipinski definition) is 1. The summed E-state index contributed by atoms with van der Waals surface area (Å²) in [5.74, 6) is -2.32. The van der Waals surface area contributed by atoms with E-state index in [2.05, 4.69) is 15.9 Å². The Morgan fingerprint density at radius 2 is 2.13 bits per heavy atom. The van der Waals surface area contributed by atoms with Gasteiger partial charge in [-0.15, -0.1) is 0 Å². The SMILES string of the molecule is COc1cc(CC(F)(F)CN)ccc1Br. The normalized spacial score (nSPS) is 11.5. The van der Waals surface area contributed by atoms with Gasteiger partial charge in [-0.05, 0) is 33.6 Å². The maximum Gasteiger partial charge on any atom is 0.264 e. The number of halogens is 3. The van der Waals surface area contributed by atoms with Crippen molar-refractivity contribution < 1.29 is 13.5 Å². The van der Waals surface area contributed by atoms with Crippen molar-refractivity contribution in [2.24, 2.45) is 5.73 Å². The van der Waals surface area contributed by atoms with Crippen LogP contribution < -0.4 is 10.5 Å². The van der Waals surface area contributed by atoms with E-state index in [0.717, 1.165) is 4.47 Å². The minimum Gasteiger partial charge on any atom is -0.496 e. The number of ether oxygens (including phenoxy) is 1. The van der Waals surface area contributed by atoms with Crippen LogP contribution in [0.5, 0.6) is 5.75 Å². The molecule has 0 aliphatic rings. The van der Waals surface area contributed by atoms with Crippen LogP contribution in [0.3, 0.4) is 0 Å². The van der Waals surface area contributed by atoms with Gasteiger partial charge in [0.25, 0.3) is 5.92 Å². The van der Waals surface area contributed by atoms with Gasteiger partial charge in [0.2, 0.25) is 0 Å². The van der Waals surface area contributed by atoms with Gasteiger partial charge < -0.3 is 10.5 Å². The fourth-order valence-corrected chi connectivity index (χ4v) is 1.59. The quantitative estimate of drug-likeness (QED) is 0.920. The Morgan fingerprint density at radius 1 is 1.47 bits per heavy atom. The van der Waals surface area contributed by atoms with Crippen LogP contribution in [-0.4, -0.2) is 19.6 Å². The maximum absolute atomic E-state index is 13.0. The number of rotatable bonds is 4. The van der Waals surface area contributed by atoms with E-state index in [4.69, 9.17) is 10.5 Å². The molecule has 1 aromatic carbocycles. The van der Waals surface area contributed by atoms with E-state index in [9.17, 15) is 8.78 Å². The molecule has 1 aromatic rings. The molecule has 0 saturated heterocycles. The predicted octanol–water partition coefficient (Wildman–Crippen LogP) is 2.59. The van der Waals surface area contributed by atoms with E-state index in [1.807, 2.05) is 0 Å². The van der Waals surface area contributed by atoms with Crippen molar-refractivity contribution in [3.05, 3.63) is 28.2 Å². The molecule has 0 spiro atoms. The third-order valence-corrected chi connectivity index (χ3v) is 2.63. The van der Waals surface area contributed by atoms with Crippen LogP contribution in [-0.2, 0) is 6.42 Å². The molecule has 0 aliphatic heterocycles. The highest BCUT2D eigenvalue weighted by Gasteiger charge is 2.27. The van der Waals surface area contributed by atoms with Crippen molar-refractivity contribution in [2.75, 3.05) is 13.7 Å². The first-order chi connectivity index (χ1) is 6.98. The Hall–Kier alpha value is -0.680. The van der Waals surface area contributed by atoms with Crippen molar-refractivity contribution in [3.63, 3.8) is 0 Å². The molecule has 0 unspecified atom stereocenters. The monoisotopic (exact) mass is 279 g/mol. The number of methoxy groups -OCH3 is 1. The Balaban J connectivity index is 2.87. The van der Waals surface area contributed by atoms with Gasteiger partial charge >= 0.3 is 0 Å². The second kappa shape index (κ2) is 4.90. The first-order valence-electron chi connectivity index (χ1n) is 4.39. The summed E-state index contributed by atoms with van der Waals surface area (Å²) in [6.07, 6.45) is -0.368. The van der Waals surface area contributed by atoms with Crippen LogP contribution in [0.2, 0.25) is 0 Å². The van der Waals surface area contributed by atoms with E-state index in [1.165, 1.54) is 7.11 Å². The van der Waals surface area contributed by atoms with Gasteiger partial charge in [0.05, 0.1) is 18.1 Å². The maximum atomic E-state index is 13.0. The minimum atomic E-state index is -2.86. The molecule has 84 valence electrons. The lowest BCUT2D eigenvalue weighted by Gasteiger charge is -2.14. The van der Waals surface area contributed by atoms with Gasteiger partial charge in [0.15, 0.2) is 0 Å². The summed E-state index contributed by atoms with van der Waals surface area (Å²) in [6, 6.07) is 4.88. The Kier molecular flexibility index (Phi) is 4.04. The molecule has 5 heteroatoms. The van der Waals surface area contributed by atoms with Crippen LogP contribution in [0.15, 0.2) is 22.7 Å². The van der Waals surface area contributed by atoms with Crippen LogP contribution in [0.1, 0.15) is 5.56 Å². The first-order valence-corrected chi connectivity index (χ1v) is 5.18.